The summed E-state index contributed by atoms with van der Waals surface area (Å²) in [7, 11) is -3.51. The van der Waals surface area contributed by atoms with Crippen LogP contribution in [0.5, 0.6) is 0 Å². The Morgan fingerprint density at radius 1 is 0.964 bits per heavy atom. The summed E-state index contributed by atoms with van der Waals surface area (Å²) >= 11 is 13.2. The second-order valence-corrected chi connectivity index (χ2v) is 10.1. The monoisotopic (exact) mass is 450 g/mol. The van der Waals surface area contributed by atoms with Gasteiger partial charge >= 0.3 is 0 Å². The number of tetrazole rings is 1. The molecule has 4 aromatic rings. The average molecular weight is 451 g/mol. The number of sulfone groups is 1. The van der Waals surface area contributed by atoms with Gasteiger partial charge in [0.05, 0.1) is 15.8 Å². The molecule has 4 rings (SSSR count). The average Bonchev–Trinajstić information content (AvgIpc) is 3.36. The van der Waals surface area contributed by atoms with Crippen LogP contribution in [0.3, 0.4) is 0 Å². The van der Waals surface area contributed by atoms with Gasteiger partial charge in [0, 0.05) is 10.4 Å². The molecular formula is C18H12Cl2N4O2S2. The molecule has 0 atom stereocenters. The largest absolute Gasteiger partial charge is 0.223 e. The van der Waals surface area contributed by atoms with Gasteiger partial charge < -0.3 is 0 Å². The Morgan fingerprint density at radius 2 is 1.82 bits per heavy atom. The predicted molar refractivity (Wildman–Crippen MR) is 110 cm³/mol. The number of hydrogen-bond acceptors (Lipinski definition) is 6. The standard InChI is InChI=1S/C18H12Cl2N4O2S2/c19-14-5-4-12(9-15(14)20)16-6-7-17(27-16)28(25,26)10-11-2-1-3-13(8-11)18-21-23-24-22-18/h1-9H,10H2,(H,21,22,23,24). The molecule has 6 nitrogen and oxygen atoms in total. The zero-order valence-electron chi connectivity index (χ0n) is 14.1. The number of H-pyrrole nitrogens is 1. The first-order valence-corrected chi connectivity index (χ1v) is 11.3. The first-order valence-electron chi connectivity index (χ1n) is 8.03. The smallest absolute Gasteiger partial charge is 0.204 e. The molecule has 142 valence electrons. The number of hydrogen-bond donors (Lipinski definition) is 1. The molecule has 0 saturated heterocycles. The number of halogens is 2. The Kier molecular flexibility index (Phi) is 5.20. The van der Waals surface area contributed by atoms with Crippen molar-refractivity contribution in [3.8, 4) is 21.8 Å². The third-order valence-corrected chi connectivity index (χ3v) is 8.12. The van der Waals surface area contributed by atoms with Crippen molar-refractivity contribution in [3.05, 3.63) is 70.2 Å². The Bertz CT molecular complexity index is 1240. The zero-order chi connectivity index (χ0) is 19.7. The maximum atomic E-state index is 12.9. The van der Waals surface area contributed by atoms with E-state index in [-0.39, 0.29) is 5.75 Å². The minimum Gasteiger partial charge on any atom is -0.223 e. The van der Waals surface area contributed by atoms with Gasteiger partial charge in [0.15, 0.2) is 9.84 Å². The molecule has 28 heavy (non-hydrogen) atoms. The van der Waals surface area contributed by atoms with Crippen LogP contribution in [0.25, 0.3) is 21.8 Å². The van der Waals surface area contributed by atoms with E-state index in [0.717, 1.165) is 10.4 Å². The minimum absolute atomic E-state index is 0.125. The fraction of sp³-hybridized carbons (Fsp3) is 0.0556. The highest BCUT2D eigenvalue weighted by atomic mass is 35.5. The third kappa shape index (κ3) is 3.95. The summed E-state index contributed by atoms with van der Waals surface area (Å²) < 4.78 is 26.0. The summed E-state index contributed by atoms with van der Waals surface area (Å²) in [4.78, 5) is 0.803. The van der Waals surface area contributed by atoms with Crippen LogP contribution in [0.1, 0.15) is 5.56 Å². The molecule has 2 aromatic heterocycles. The van der Waals surface area contributed by atoms with E-state index < -0.39 is 9.84 Å². The lowest BCUT2D eigenvalue weighted by atomic mass is 10.1. The van der Waals surface area contributed by atoms with E-state index in [0.29, 0.717) is 31.2 Å². The number of thiophene rings is 1. The Hall–Kier alpha value is -2.26. The van der Waals surface area contributed by atoms with Crippen molar-refractivity contribution in [2.45, 2.75) is 9.96 Å². The SMILES string of the molecule is O=S(=O)(Cc1cccc(-c2nn[nH]n2)c1)c1ccc(-c2ccc(Cl)c(Cl)c2)s1. The second kappa shape index (κ2) is 7.63. The molecule has 0 aliphatic rings. The molecule has 0 fully saturated rings. The van der Waals surface area contributed by atoms with E-state index in [9.17, 15) is 8.42 Å². The molecule has 0 spiro atoms. The minimum atomic E-state index is -3.51. The highest BCUT2D eigenvalue weighted by molar-refractivity contribution is 7.92. The summed E-state index contributed by atoms with van der Waals surface area (Å²) in [5.41, 5.74) is 2.16. The van der Waals surface area contributed by atoms with Crippen LogP contribution in [-0.4, -0.2) is 29.0 Å². The van der Waals surface area contributed by atoms with Crippen molar-refractivity contribution in [2.24, 2.45) is 0 Å². The van der Waals surface area contributed by atoms with Gasteiger partial charge in [0.2, 0.25) is 5.82 Å². The number of aromatic amines is 1. The van der Waals surface area contributed by atoms with Crippen molar-refractivity contribution in [1.82, 2.24) is 20.6 Å². The Labute approximate surface area is 175 Å². The van der Waals surface area contributed by atoms with Crippen LogP contribution in [0.15, 0.2) is 58.8 Å². The van der Waals surface area contributed by atoms with E-state index in [1.165, 1.54) is 11.3 Å². The molecule has 0 amide bonds. The summed E-state index contributed by atoms with van der Waals surface area (Å²) in [5, 5.41) is 14.6. The molecule has 0 saturated carbocycles. The molecule has 0 aliphatic carbocycles. The second-order valence-electron chi connectivity index (χ2n) is 5.94. The molecule has 2 heterocycles. The van der Waals surface area contributed by atoms with Gasteiger partial charge in [-0.05, 0) is 46.7 Å². The van der Waals surface area contributed by atoms with Crippen molar-refractivity contribution in [2.75, 3.05) is 0 Å². The summed E-state index contributed by atoms with van der Waals surface area (Å²) in [6.07, 6.45) is 0. The molecule has 0 bridgehead atoms. The van der Waals surface area contributed by atoms with Crippen LogP contribution >= 0.6 is 34.5 Å². The number of benzene rings is 2. The predicted octanol–water partition coefficient (Wildman–Crippen LogP) is 4.88. The first kappa shape index (κ1) is 19.1. The Morgan fingerprint density at radius 3 is 2.57 bits per heavy atom. The van der Waals surface area contributed by atoms with Gasteiger partial charge in [-0.25, -0.2) is 8.42 Å². The highest BCUT2D eigenvalue weighted by Gasteiger charge is 2.19. The summed E-state index contributed by atoms with van der Waals surface area (Å²) in [6.45, 7) is 0. The normalized spacial score (nSPS) is 11.6. The highest BCUT2D eigenvalue weighted by Crippen LogP contribution is 2.35. The van der Waals surface area contributed by atoms with Gasteiger partial charge in [-0.3, -0.25) is 0 Å². The fourth-order valence-electron chi connectivity index (χ4n) is 2.67. The topological polar surface area (TPSA) is 88.6 Å². The quantitative estimate of drug-likeness (QED) is 0.468. The molecular weight excluding hydrogens is 439 g/mol. The van der Waals surface area contributed by atoms with Crippen LogP contribution in [0.4, 0.5) is 0 Å². The Balaban J connectivity index is 1.60. The van der Waals surface area contributed by atoms with E-state index in [2.05, 4.69) is 20.6 Å². The zero-order valence-corrected chi connectivity index (χ0v) is 17.3. The summed E-state index contributed by atoms with van der Waals surface area (Å²) in [5.74, 6) is 0.289. The number of nitrogens with zero attached hydrogens (tertiary/aromatic N) is 3. The third-order valence-electron chi connectivity index (χ3n) is 3.98. The van der Waals surface area contributed by atoms with Gasteiger partial charge in [0.25, 0.3) is 0 Å². The van der Waals surface area contributed by atoms with Crippen LogP contribution < -0.4 is 0 Å². The van der Waals surface area contributed by atoms with Gasteiger partial charge in [-0.2, -0.15) is 5.21 Å². The van der Waals surface area contributed by atoms with Crippen molar-refractivity contribution >= 4 is 44.4 Å². The lowest BCUT2D eigenvalue weighted by Gasteiger charge is -2.04. The van der Waals surface area contributed by atoms with E-state index in [4.69, 9.17) is 23.2 Å². The maximum Gasteiger partial charge on any atom is 0.204 e. The van der Waals surface area contributed by atoms with Crippen LogP contribution in [0, 0.1) is 0 Å². The van der Waals surface area contributed by atoms with Gasteiger partial charge in [-0.15, -0.1) is 21.5 Å². The summed E-state index contributed by atoms with van der Waals surface area (Å²) in [6, 6.07) is 15.7. The molecule has 0 unspecified atom stereocenters. The van der Waals surface area contributed by atoms with Gasteiger partial charge in [-0.1, -0.05) is 47.5 Å². The lowest BCUT2D eigenvalue weighted by Crippen LogP contribution is -2.03. The number of aromatic nitrogens is 4. The van der Waals surface area contributed by atoms with Gasteiger partial charge in [0.1, 0.15) is 4.21 Å². The van der Waals surface area contributed by atoms with Crippen LogP contribution in [-0.2, 0) is 15.6 Å². The molecule has 10 heteroatoms. The van der Waals surface area contributed by atoms with Crippen LogP contribution in [0.2, 0.25) is 10.0 Å². The lowest BCUT2D eigenvalue weighted by molar-refractivity contribution is 0.597. The number of rotatable bonds is 5. The van der Waals surface area contributed by atoms with Crippen molar-refractivity contribution < 1.29 is 8.42 Å². The van der Waals surface area contributed by atoms with E-state index >= 15 is 0 Å². The molecule has 1 N–H and O–H groups in total. The first-order chi connectivity index (χ1) is 13.4. The molecule has 0 aliphatic heterocycles. The molecule has 0 radical (unpaired) electrons. The number of nitrogens with one attached hydrogen (secondary N) is 1. The van der Waals surface area contributed by atoms with Crippen molar-refractivity contribution in [3.63, 3.8) is 0 Å². The van der Waals surface area contributed by atoms with E-state index in [1.54, 1.807) is 48.5 Å². The molecule has 2 aromatic carbocycles. The fourth-order valence-corrected chi connectivity index (χ4v) is 5.69. The van der Waals surface area contributed by atoms with Crippen molar-refractivity contribution in [1.29, 1.82) is 0 Å². The van der Waals surface area contributed by atoms with E-state index in [1.807, 2.05) is 6.07 Å². The maximum absolute atomic E-state index is 12.9.